The Kier molecular flexibility index (Phi) is 33.3. The molecule has 0 aromatic heterocycles. The summed E-state index contributed by atoms with van der Waals surface area (Å²) in [6.07, 6.45) is 2.12. The minimum atomic E-state index is -1.03. The maximum atomic E-state index is 11.8. The van der Waals surface area contributed by atoms with Crippen LogP contribution in [0.1, 0.15) is 0 Å². The number of carbonyl (C=O) groups is 1. The fraction of sp³-hybridized carbons (Fsp3) is 0.867. The van der Waals surface area contributed by atoms with Gasteiger partial charge >= 0.3 is 0 Å². The molecular weight excluding hydrogens is 641 g/mol. The zero-order valence-corrected chi connectivity index (χ0v) is 27.5. The second-order valence-electron chi connectivity index (χ2n) is 4.87. The maximum Gasteiger partial charge on any atom is 0.280 e. The number of aliphatic hydroxyl groups is 1. The Morgan fingerprint density at radius 1 is 0.844 bits per heavy atom. The molecule has 0 heterocycles. The Labute approximate surface area is 242 Å². The van der Waals surface area contributed by atoms with E-state index in [4.69, 9.17) is 5.11 Å². The highest BCUT2D eigenvalue weighted by atomic mass is 32.3. The van der Waals surface area contributed by atoms with Crippen LogP contribution < -0.4 is 5.32 Å². The average molecular weight is 671 g/mol. The van der Waals surface area contributed by atoms with E-state index in [0.717, 1.165) is 40.7 Å². The number of aliphatic hydroxyl groups excluding tert-OH is 1. The molecule has 1 amide bonds. The standard InChI is InChI=1S/C15H30N2O3S12/c1-21-6-25-10-28-12-29-13-31-15(19)17-3-23-8-27-11-26-7-22-2-16-4-32(20)14-30-9-24-5-18/h4,18H,2-3,5-14H2,1H3,(H,17,19)/b16-4+. The van der Waals surface area contributed by atoms with Crippen molar-refractivity contribution in [2.24, 2.45) is 4.99 Å². The Bertz CT molecular complexity index is 479. The summed E-state index contributed by atoms with van der Waals surface area (Å²) in [5, 5.41) is 20.0. The van der Waals surface area contributed by atoms with E-state index >= 15 is 0 Å². The number of aliphatic imine (C=N–C) groups is 1. The third-order valence-corrected chi connectivity index (χ3v) is 16.4. The summed E-state index contributed by atoms with van der Waals surface area (Å²) >= 11 is 19.0. The van der Waals surface area contributed by atoms with Crippen LogP contribution in [0.25, 0.3) is 0 Å². The number of hydrogen-bond donors (Lipinski definition) is 2. The van der Waals surface area contributed by atoms with E-state index in [1.165, 1.54) is 29.1 Å². The van der Waals surface area contributed by atoms with Crippen LogP contribution in [-0.2, 0) is 10.8 Å². The molecule has 32 heavy (non-hydrogen) atoms. The van der Waals surface area contributed by atoms with Gasteiger partial charge in [0, 0.05) is 40.7 Å². The summed E-state index contributed by atoms with van der Waals surface area (Å²) in [4.78, 5) is 15.9. The third kappa shape index (κ3) is 29.3. The van der Waals surface area contributed by atoms with Gasteiger partial charge in [0.2, 0.25) is 0 Å². The topological polar surface area (TPSA) is 78.8 Å². The van der Waals surface area contributed by atoms with Crippen molar-refractivity contribution < 1.29 is 14.1 Å². The predicted octanol–water partition coefficient (Wildman–Crippen LogP) is 6.65. The van der Waals surface area contributed by atoms with E-state index in [-0.39, 0.29) is 11.2 Å². The number of hydrogen-bond acceptors (Lipinski definition) is 15. The number of nitrogens with zero attached hydrogens (tertiary/aromatic N) is 1. The lowest BCUT2D eigenvalue weighted by Crippen LogP contribution is -2.17. The van der Waals surface area contributed by atoms with Crippen molar-refractivity contribution in [1.29, 1.82) is 0 Å². The van der Waals surface area contributed by atoms with E-state index in [1.54, 1.807) is 47.0 Å². The molecule has 0 aromatic rings. The van der Waals surface area contributed by atoms with Gasteiger partial charge in [-0.1, -0.05) is 11.8 Å². The van der Waals surface area contributed by atoms with Gasteiger partial charge in [-0.05, 0) is 6.26 Å². The van der Waals surface area contributed by atoms with Crippen LogP contribution in [0.15, 0.2) is 4.99 Å². The van der Waals surface area contributed by atoms with Crippen LogP contribution in [0.3, 0.4) is 0 Å². The first-order valence-corrected chi connectivity index (χ1v) is 22.9. The predicted molar refractivity (Wildman–Crippen MR) is 175 cm³/mol. The van der Waals surface area contributed by atoms with Gasteiger partial charge in [-0.3, -0.25) is 14.0 Å². The maximum absolute atomic E-state index is 11.8. The Hall–Kier alpha value is 3.10. The Balaban J connectivity index is 3.27. The van der Waals surface area contributed by atoms with Gasteiger partial charge < -0.3 is 10.4 Å². The van der Waals surface area contributed by atoms with Crippen molar-refractivity contribution in [3.8, 4) is 0 Å². The van der Waals surface area contributed by atoms with Crippen molar-refractivity contribution in [2.75, 3.05) is 69.7 Å². The minimum Gasteiger partial charge on any atom is -0.386 e. The number of rotatable bonds is 24. The zero-order chi connectivity index (χ0) is 23.5. The van der Waals surface area contributed by atoms with Gasteiger partial charge in [0.25, 0.3) is 5.24 Å². The fourth-order valence-electron chi connectivity index (χ4n) is 1.29. The highest BCUT2D eigenvalue weighted by molar-refractivity contribution is 8.30. The lowest BCUT2D eigenvalue weighted by molar-refractivity contribution is 0.262. The molecule has 0 spiro atoms. The van der Waals surface area contributed by atoms with E-state index in [1.807, 2.05) is 58.8 Å². The quantitative estimate of drug-likeness (QED) is 0.0498. The van der Waals surface area contributed by atoms with Gasteiger partial charge in [-0.15, -0.1) is 106 Å². The minimum absolute atomic E-state index is 0.0617. The molecule has 0 saturated heterocycles. The SMILES string of the molecule is CSCSCSCSCSC(=O)NCSCSCSCSC/N=C/S(=O)CSCSCO. The first-order chi connectivity index (χ1) is 15.7. The molecule has 0 saturated carbocycles. The van der Waals surface area contributed by atoms with Gasteiger partial charge in [-0.2, -0.15) is 11.8 Å². The van der Waals surface area contributed by atoms with E-state index in [0.29, 0.717) is 16.8 Å². The van der Waals surface area contributed by atoms with Crippen LogP contribution in [0.5, 0.6) is 0 Å². The molecule has 5 nitrogen and oxygen atoms in total. The van der Waals surface area contributed by atoms with Crippen LogP contribution in [0.4, 0.5) is 4.79 Å². The molecule has 0 aromatic carbocycles. The molecule has 1 unspecified atom stereocenters. The molecule has 0 aliphatic rings. The first kappa shape index (κ1) is 35.1. The van der Waals surface area contributed by atoms with E-state index in [9.17, 15) is 9.00 Å². The summed E-state index contributed by atoms with van der Waals surface area (Å²) in [6.45, 7) is 0. The summed E-state index contributed by atoms with van der Waals surface area (Å²) in [5.74, 6) is 1.39. The molecule has 2 N–H and O–H groups in total. The lowest BCUT2D eigenvalue weighted by Gasteiger charge is -2.05. The number of thioether (sulfide) groups is 11. The van der Waals surface area contributed by atoms with Crippen molar-refractivity contribution in [3.05, 3.63) is 0 Å². The zero-order valence-electron chi connectivity index (χ0n) is 17.7. The Morgan fingerprint density at radius 3 is 2.12 bits per heavy atom. The van der Waals surface area contributed by atoms with Gasteiger partial charge in [0.15, 0.2) is 0 Å². The fourth-order valence-corrected chi connectivity index (χ4v) is 13.7. The molecule has 1 atom stereocenters. The first-order valence-electron chi connectivity index (χ1n) is 8.78. The van der Waals surface area contributed by atoms with Crippen molar-refractivity contribution in [3.63, 3.8) is 0 Å². The molecule has 0 fully saturated rings. The number of nitrogens with one attached hydrogen (secondary N) is 1. The molecule has 17 heteroatoms. The second kappa shape index (κ2) is 30.3. The van der Waals surface area contributed by atoms with Crippen LogP contribution in [0, 0.1) is 0 Å². The molecule has 0 aliphatic heterocycles. The summed E-state index contributed by atoms with van der Waals surface area (Å²) in [6, 6.07) is 0. The molecule has 0 radical (unpaired) electrons. The average Bonchev–Trinajstić information content (AvgIpc) is 2.79. The van der Waals surface area contributed by atoms with Gasteiger partial charge in [0.05, 0.1) is 39.1 Å². The smallest absolute Gasteiger partial charge is 0.280 e. The van der Waals surface area contributed by atoms with Crippen LogP contribution in [-0.4, -0.2) is 89.8 Å². The van der Waals surface area contributed by atoms with Crippen LogP contribution >= 0.6 is 129 Å². The summed E-state index contributed by atoms with van der Waals surface area (Å²) in [7, 11) is -1.03. The molecule has 190 valence electrons. The van der Waals surface area contributed by atoms with Gasteiger partial charge in [-0.25, -0.2) is 0 Å². The van der Waals surface area contributed by atoms with Gasteiger partial charge in [0.1, 0.15) is 0 Å². The van der Waals surface area contributed by atoms with Crippen LogP contribution in [0.2, 0.25) is 0 Å². The molecule has 0 aliphatic carbocycles. The van der Waals surface area contributed by atoms with Crippen molar-refractivity contribution >= 4 is 151 Å². The third-order valence-electron chi connectivity index (χ3n) is 2.44. The largest absolute Gasteiger partial charge is 0.386 e. The summed E-state index contributed by atoms with van der Waals surface area (Å²) < 4.78 is 11.6. The summed E-state index contributed by atoms with van der Waals surface area (Å²) in [5.41, 5.74) is 1.52. The van der Waals surface area contributed by atoms with Crippen molar-refractivity contribution in [1.82, 2.24) is 5.32 Å². The van der Waals surface area contributed by atoms with E-state index in [2.05, 4.69) is 16.6 Å². The highest BCUT2D eigenvalue weighted by Crippen LogP contribution is 2.23. The highest BCUT2D eigenvalue weighted by Gasteiger charge is 2.02. The molecule has 0 bridgehead atoms. The monoisotopic (exact) mass is 670 g/mol. The second-order valence-corrected chi connectivity index (χ2v) is 20.0. The molecule has 0 rings (SSSR count). The van der Waals surface area contributed by atoms with E-state index < -0.39 is 10.8 Å². The Morgan fingerprint density at radius 2 is 1.44 bits per heavy atom. The number of carbonyl (C=O) groups excluding carboxylic acids is 1. The normalized spacial score (nSPS) is 12.4. The number of amides is 1. The van der Waals surface area contributed by atoms with Crippen molar-refractivity contribution in [2.45, 2.75) is 0 Å². The lowest BCUT2D eigenvalue weighted by atomic mass is 11.2. The molecular formula is C15H30N2O3S12.